The molecule has 0 aliphatic rings. The Labute approximate surface area is 161 Å². The molecular formula is C17H33ClN2O2Ti. The van der Waals surface area contributed by atoms with Gasteiger partial charge >= 0.3 is 124 Å². The summed E-state index contributed by atoms with van der Waals surface area (Å²) in [4.78, 5) is 4.98. The Balaban J connectivity index is -0.000000739. The molecule has 23 heavy (non-hydrogen) atoms. The average Bonchev–Trinajstić information content (AvgIpc) is 2.71. The van der Waals surface area contributed by atoms with Crippen LogP contribution in [0.3, 0.4) is 0 Å². The van der Waals surface area contributed by atoms with Crippen molar-refractivity contribution in [2.75, 3.05) is 14.2 Å². The van der Waals surface area contributed by atoms with E-state index >= 15 is 0 Å². The Morgan fingerprint density at radius 2 is 1.09 bits per heavy atom. The van der Waals surface area contributed by atoms with E-state index in [0.717, 1.165) is 14.2 Å². The van der Waals surface area contributed by atoms with E-state index in [-0.39, 0.29) is 28.7 Å². The fourth-order valence-corrected chi connectivity index (χ4v) is 3.43. The number of hydrogen-bond donors (Lipinski definition) is 0. The fourth-order valence-electron chi connectivity index (χ4n) is 2.14. The number of hydrogen-bond acceptors (Lipinski definition) is 3. The van der Waals surface area contributed by atoms with Crippen molar-refractivity contribution in [2.45, 2.75) is 78.6 Å². The predicted molar refractivity (Wildman–Crippen MR) is 85.6 cm³/mol. The fraction of sp³-hybridized carbons (Fsp3) is 0.824. The quantitative estimate of drug-likeness (QED) is 0.545. The minimum atomic E-state index is 0. The molecule has 0 aromatic carbocycles. The summed E-state index contributed by atoms with van der Waals surface area (Å²) in [5.74, 6) is 1.18. The number of nitrogens with zero attached hydrogens (tertiary/aromatic N) is 2. The standard InChI is InChI=1S/C15H27N2.2CH3O.ClH.Ti/c1-13(2,3)10-11(14(4,5)6)17-12(16-10)15(7,8)9;2*1-2;;/h1-9H3;2*1H3;1H;/q3*-1;;+4/p-1. The minimum absolute atomic E-state index is 0. The second-order valence-electron chi connectivity index (χ2n) is 8.22. The van der Waals surface area contributed by atoms with Crippen molar-refractivity contribution in [3.8, 4) is 0 Å². The summed E-state index contributed by atoms with van der Waals surface area (Å²) in [6.07, 6.45) is 0. The molecule has 0 unspecified atom stereocenters. The third-order valence-electron chi connectivity index (χ3n) is 2.97. The van der Waals surface area contributed by atoms with Gasteiger partial charge in [0.25, 0.3) is 0 Å². The molecule has 6 heteroatoms. The van der Waals surface area contributed by atoms with E-state index in [0.29, 0.717) is 0 Å². The van der Waals surface area contributed by atoms with Crippen molar-refractivity contribution in [3.05, 3.63) is 17.2 Å². The predicted octanol–water partition coefficient (Wildman–Crippen LogP) is -0.957. The van der Waals surface area contributed by atoms with Gasteiger partial charge in [0, 0.05) is 0 Å². The first kappa shape index (κ1) is 28.0. The summed E-state index contributed by atoms with van der Waals surface area (Å²) >= 11 is 2.16. The van der Waals surface area contributed by atoms with Crippen molar-refractivity contribution in [2.24, 2.45) is 0 Å². The van der Waals surface area contributed by atoms with Crippen LogP contribution < -0.4 is 22.6 Å². The maximum atomic E-state index is 8.25. The van der Waals surface area contributed by atoms with Gasteiger partial charge < -0.3 is 22.6 Å². The van der Waals surface area contributed by atoms with Gasteiger partial charge in [0.15, 0.2) is 0 Å². The van der Waals surface area contributed by atoms with Crippen molar-refractivity contribution in [3.63, 3.8) is 0 Å². The first-order valence-corrected chi connectivity index (χ1v) is 8.13. The second kappa shape index (κ2) is 10.2. The van der Waals surface area contributed by atoms with Gasteiger partial charge in [-0.15, -0.1) is 0 Å². The summed E-state index contributed by atoms with van der Waals surface area (Å²) in [7, 11) is 1.50. The van der Waals surface area contributed by atoms with Crippen LogP contribution in [0.2, 0.25) is 0 Å². The second-order valence-corrected chi connectivity index (χ2v) is 8.92. The smallest absolute Gasteiger partial charge is 0.153 e. The SMILES string of the molecule is CC(C)(C)c1nc(C(C)(C)C)[n]([Ti+3])c1C(C)(C)C.C[O-].C[O-].[Cl-]. The summed E-state index contributed by atoms with van der Waals surface area (Å²) in [6, 6.07) is 0. The van der Waals surface area contributed by atoms with Gasteiger partial charge in [0.05, 0.1) is 0 Å². The van der Waals surface area contributed by atoms with Gasteiger partial charge in [-0.25, -0.2) is 0 Å². The molecule has 0 bridgehead atoms. The molecule has 0 saturated heterocycles. The molecule has 4 nitrogen and oxygen atoms in total. The Morgan fingerprint density at radius 1 is 0.739 bits per heavy atom. The molecule has 0 spiro atoms. The Kier molecular flexibility index (Phi) is 12.4. The van der Waals surface area contributed by atoms with Gasteiger partial charge in [-0.1, -0.05) is 0 Å². The van der Waals surface area contributed by atoms with Crippen LogP contribution >= 0.6 is 0 Å². The van der Waals surface area contributed by atoms with Gasteiger partial charge in [-0.2, -0.15) is 14.2 Å². The largest absolute Gasteiger partial charge is 1.00 e. The zero-order valence-corrected chi connectivity index (χ0v) is 18.9. The summed E-state index contributed by atoms with van der Waals surface area (Å²) in [5.41, 5.74) is 2.89. The van der Waals surface area contributed by atoms with Crippen LogP contribution in [0.5, 0.6) is 0 Å². The third-order valence-corrected chi connectivity index (χ3v) is 3.65. The zero-order chi connectivity index (χ0) is 18.5. The van der Waals surface area contributed by atoms with E-state index in [2.05, 4.69) is 86.1 Å². The zero-order valence-electron chi connectivity index (χ0n) is 16.6. The Bertz CT molecular complexity index is 453. The van der Waals surface area contributed by atoms with Crippen LogP contribution in [-0.2, 0) is 36.9 Å². The van der Waals surface area contributed by atoms with E-state index in [1.54, 1.807) is 0 Å². The summed E-state index contributed by atoms with van der Waals surface area (Å²) in [6.45, 7) is 20.2. The topological polar surface area (TPSA) is 63.9 Å². The molecule has 0 N–H and O–H groups in total. The third kappa shape index (κ3) is 7.70. The van der Waals surface area contributed by atoms with Crippen molar-refractivity contribution in [1.29, 1.82) is 0 Å². The Morgan fingerprint density at radius 3 is 1.26 bits per heavy atom. The van der Waals surface area contributed by atoms with Crippen molar-refractivity contribution in [1.82, 2.24) is 8.03 Å². The van der Waals surface area contributed by atoms with E-state index < -0.39 is 0 Å². The molecule has 0 amide bonds. The normalized spacial score (nSPS) is 11.6. The first-order chi connectivity index (χ1) is 9.76. The molecule has 1 rings (SSSR count). The maximum absolute atomic E-state index is 8.25. The van der Waals surface area contributed by atoms with E-state index in [1.165, 1.54) is 17.2 Å². The molecule has 0 fully saturated rings. The van der Waals surface area contributed by atoms with Gasteiger partial charge in [0.1, 0.15) is 0 Å². The monoisotopic (exact) mass is 380 g/mol. The molecular weight excluding hydrogens is 348 g/mol. The van der Waals surface area contributed by atoms with Crippen molar-refractivity contribution >= 4 is 0 Å². The van der Waals surface area contributed by atoms with Crippen molar-refractivity contribution < 1.29 is 43.3 Å². The van der Waals surface area contributed by atoms with Gasteiger partial charge in [-0.3, -0.25) is 0 Å². The van der Waals surface area contributed by atoms with Crippen LogP contribution in [0.1, 0.15) is 79.5 Å². The number of imidazole rings is 1. The van der Waals surface area contributed by atoms with Gasteiger partial charge in [-0.05, 0) is 0 Å². The average molecular weight is 381 g/mol. The first-order valence-electron chi connectivity index (χ1n) is 7.43. The van der Waals surface area contributed by atoms with Crippen LogP contribution in [-0.4, -0.2) is 22.3 Å². The number of halogens is 1. The molecule has 0 aliphatic heterocycles. The number of aromatic nitrogens is 2. The maximum Gasteiger partial charge on any atom is -0.153 e. The molecule has 0 radical (unpaired) electrons. The molecule has 1 aromatic heterocycles. The molecule has 0 saturated carbocycles. The number of rotatable bonds is 0. The van der Waals surface area contributed by atoms with Crippen LogP contribution in [0.4, 0.5) is 0 Å². The van der Waals surface area contributed by atoms with Crippen LogP contribution in [0, 0.1) is 0 Å². The van der Waals surface area contributed by atoms with E-state index in [9.17, 15) is 0 Å². The van der Waals surface area contributed by atoms with E-state index in [4.69, 9.17) is 15.2 Å². The molecule has 0 aliphatic carbocycles. The Hall–Kier alpha value is 0.134. The summed E-state index contributed by atoms with van der Waals surface area (Å²) < 4.78 is 2.31. The molecule has 1 heterocycles. The van der Waals surface area contributed by atoms with E-state index in [1.807, 2.05) is 0 Å². The molecule has 0 atom stereocenters. The molecule has 134 valence electrons. The van der Waals surface area contributed by atoms with Crippen LogP contribution in [0.15, 0.2) is 0 Å². The van der Waals surface area contributed by atoms with Crippen LogP contribution in [0.25, 0.3) is 0 Å². The summed E-state index contributed by atoms with van der Waals surface area (Å²) in [5, 5.41) is 16.5. The molecule has 1 aromatic rings. The minimum Gasteiger partial charge on any atom is -1.00 e. The van der Waals surface area contributed by atoms with Gasteiger partial charge in [0.2, 0.25) is 0 Å².